The first-order valence-corrected chi connectivity index (χ1v) is 15.7. The summed E-state index contributed by atoms with van der Waals surface area (Å²) in [5, 5.41) is 12.3. The fourth-order valence-electron chi connectivity index (χ4n) is 4.86. The summed E-state index contributed by atoms with van der Waals surface area (Å²) < 4.78 is 39.2. The lowest BCUT2D eigenvalue weighted by atomic mass is 9.96. The number of ether oxygens (including phenoxy) is 2. The SMILES string of the molecule is COc1ccc(S(=O)(=O)N(CCC(=O)N2CCC(CNC(=O)OC(C)(C)C)CC2)C(Cc2ccccc2)C(=O)NO)cc1. The standard InChI is InChI=1S/C30H42N4O8S/c1-30(2,3)42-29(37)31-21-23-14-17-33(18-15-23)27(35)16-19-34(43(39,40)25-12-10-24(41-4)11-13-25)26(28(36)32-38)20-22-8-6-5-7-9-22/h5-13,23,26,38H,14-21H2,1-4H3,(H,31,37)(H,32,36). The summed E-state index contributed by atoms with van der Waals surface area (Å²) in [5.41, 5.74) is 1.69. The molecule has 2 aromatic rings. The van der Waals surface area contributed by atoms with E-state index in [0.29, 0.717) is 43.8 Å². The normalized spacial score (nSPS) is 15.1. The fraction of sp³-hybridized carbons (Fsp3) is 0.500. The zero-order valence-electron chi connectivity index (χ0n) is 25.1. The number of likely N-dealkylation sites (tertiary alicyclic amines) is 1. The molecule has 2 aromatic carbocycles. The number of rotatable bonds is 12. The molecule has 3 N–H and O–H groups in total. The van der Waals surface area contributed by atoms with E-state index in [0.717, 1.165) is 4.31 Å². The van der Waals surface area contributed by atoms with E-state index < -0.39 is 33.7 Å². The molecule has 236 valence electrons. The Bertz CT molecular complexity index is 1320. The summed E-state index contributed by atoms with van der Waals surface area (Å²) in [4.78, 5) is 39.7. The topological polar surface area (TPSA) is 155 Å². The minimum absolute atomic E-state index is 0.0210. The van der Waals surface area contributed by atoms with E-state index in [1.807, 2.05) is 0 Å². The van der Waals surface area contributed by atoms with Crippen LogP contribution in [-0.2, 0) is 30.8 Å². The van der Waals surface area contributed by atoms with Crippen molar-refractivity contribution in [2.24, 2.45) is 5.92 Å². The highest BCUT2D eigenvalue weighted by atomic mass is 32.2. The van der Waals surface area contributed by atoms with E-state index in [-0.39, 0.29) is 36.1 Å². The number of hydroxylamine groups is 1. The smallest absolute Gasteiger partial charge is 0.407 e. The van der Waals surface area contributed by atoms with Crippen molar-refractivity contribution in [3.8, 4) is 5.75 Å². The maximum Gasteiger partial charge on any atom is 0.407 e. The number of amides is 3. The van der Waals surface area contributed by atoms with Crippen molar-refractivity contribution in [3.05, 3.63) is 60.2 Å². The number of methoxy groups -OCH3 is 1. The van der Waals surface area contributed by atoms with E-state index in [4.69, 9.17) is 9.47 Å². The van der Waals surface area contributed by atoms with Crippen LogP contribution in [0.5, 0.6) is 5.75 Å². The van der Waals surface area contributed by atoms with Crippen molar-refractivity contribution in [3.63, 3.8) is 0 Å². The summed E-state index contributed by atoms with van der Waals surface area (Å²) in [5.74, 6) is -0.533. The third-order valence-corrected chi connectivity index (χ3v) is 9.07. The molecule has 12 nitrogen and oxygen atoms in total. The second-order valence-electron chi connectivity index (χ2n) is 11.4. The number of nitrogens with zero attached hydrogens (tertiary/aromatic N) is 2. The third-order valence-electron chi connectivity index (χ3n) is 7.15. The molecule has 0 saturated carbocycles. The van der Waals surface area contributed by atoms with Gasteiger partial charge in [0, 0.05) is 32.6 Å². The molecule has 13 heteroatoms. The van der Waals surface area contributed by atoms with Gasteiger partial charge in [-0.05, 0) is 75.8 Å². The molecule has 1 saturated heterocycles. The maximum absolute atomic E-state index is 13.9. The molecule has 3 rings (SSSR count). The lowest BCUT2D eigenvalue weighted by Gasteiger charge is -2.34. The zero-order valence-corrected chi connectivity index (χ0v) is 25.9. The lowest BCUT2D eigenvalue weighted by molar-refractivity contribution is -0.135. The Morgan fingerprint density at radius 2 is 1.67 bits per heavy atom. The van der Waals surface area contributed by atoms with Crippen LogP contribution >= 0.6 is 0 Å². The highest BCUT2D eigenvalue weighted by Crippen LogP contribution is 2.24. The number of sulfonamides is 1. The van der Waals surface area contributed by atoms with Crippen LogP contribution in [0.1, 0.15) is 45.6 Å². The second-order valence-corrected chi connectivity index (χ2v) is 13.3. The van der Waals surface area contributed by atoms with Crippen molar-refractivity contribution < 1.29 is 37.5 Å². The van der Waals surface area contributed by atoms with Crippen LogP contribution < -0.4 is 15.5 Å². The van der Waals surface area contributed by atoms with E-state index in [9.17, 15) is 28.0 Å². The fourth-order valence-corrected chi connectivity index (χ4v) is 6.44. The zero-order chi connectivity index (χ0) is 31.6. The molecule has 3 amide bonds. The molecule has 0 aliphatic carbocycles. The Morgan fingerprint density at radius 3 is 2.23 bits per heavy atom. The minimum atomic E-state index is -4.28. The molecule has 1 aliphatic rings. The lowest BCUT2D eigenvalue weighted by Crippen LogP contribution is -2.51. The summed E-state index contributed by atoms with van der Waals surface area (Å²) in [6.07, 6.45) is 0.659. The van der Waals surface area contributed by atoms with Gasteiger partial charge < -0.3 is 19.7 Å². The van der Waals surface area contributed by atoms with Crippen LogP contribution in [-0.4, -0.2) is 85.7 Å². The molecule has 0 radical (unpaired) electrons. The number of nitrogens with one attached hydrogen (secondary N) is 2. The van der Waals surface area contributed by atoms with Crippen molar-refractivity contribution >= 4 is 27.9 Å². The van der Waals surface area contributed by atoms with Crippen molar-refractivity contribution in [1.82, 2.24) is 20.0 Å². The van der Waals surface area contributed by atoms with Gasteiger partial charge in [-0.15, -0.1) is 0 Å². The average molecular weight is 619 g/mol. The van der Waals surface area contributed by atoms with Gasteiger partial charge in [0.25, 0.3) is 5.91 Å². The first-order valence-electron chi connectivity index (χ1n) is 14.2. The van der Waals surface area contributed by atoms with Gasteiger partial charge in [0.05, 0.1) is 12.0 Å². The molecule has 43 heavy (non-hydrogen) atoms. The van der Waals surface area contributed by atoms with E-state index >= 15 is 0 Å². The summed E-state index contributed by atoms with van der Waals surface area (Å²) in [6.45, 7) is 6.44. The van der Waals surface area contributed by atoms with Gasteiger partial charge in [0.2, 0.25) is 15.9 Å². The van der Waals surface area contributed by atoms with E-state index in [1.165, 1.54) is 31.4 Å². The minimum Gasteiger partial charge on any atom is -0.497 e. The van der Waals surface area contributed by atoms with Crippen molar-refractivity contribution in [2.45, 2.75) is 63.0 Å². The molecular weight excluding hydrogens is 576 g/mol. The Kier molecular flexibility index (Phi) is 11.9. The molecule has 1 unspecified atom stereocenters. The first-order chi connectivity index (χ1) is 20.3. The number of hydrogen-bond donors (Lipinski definition) is 3. The Balaban J connectivity index is 1.72. The van der Waals surface area contributed by atoms with Gasteiger partial charge in [-0.25, -0.2) is 18.7 Å². The van der Waals surface area contributed by atoms with Crippen LogP contribution in [0.25, 0.3) is 0 Å². The van der Waals surface area contributed by atoms with Gasteiger partial charge in [-0.3, -0.25) is 14.8 Å². The molecule has 1 fully saturated rings. The number of benzene rings is 2. The van der Waals surface area contributed by atoms with Gasteiger partial charge >= 0.3 is 6.09 Å². The van der Waals surface area contributed by atoms with E-state index in [1.54, 1.807) is 61.5 Å². The van der Waals surface area contributed by atoms with E-state index in [2.05, 4.69) is 5.32 Å². The van der Waals surface area contributed by atoms with Gasteiger partial charge in [-0.1, -0.05) is 30.3 Å². The van der Waals surface area contributed by atoms with Gasteiger partial charge in [0.15, 0.2) is 0 Å². The molecule has 0 aromatic heterocycles. The maximum atomic E-state index is 13.9. The Hall–Kier alpha value is -3.68. The Morgan fingerprint density at radius 1 is 1.05 bits per heavy atom. The largest absolute Gasteiger partial charge is 0.497 e. The predicted octanol–water partition coefficient (Wildman–Crippen LogP) is 2.96. The highest BCUT2D eigenvalue weighted by molar-refractivity contribution is 7.89. The number of carbonyl (C=O) groups excluding carboxylic acids is 3. The van der Waals surface area contributed by atoms with Crippen LogP contribution in [0, 0.1) is 5.92 Å². The van der Waals surface area contributed by atoms with Crippen LogP contribution in [0.4, 0.5) is 4.79 Å². The second kappa shape index (κ2) is 15.2. The summed E-state index contributed by atoms with van der Waals surface area (Å²) in [6, 6.07) is 13.2. The molecule has 0 bridgehead atoms. The number of alkyl carbamates (subject to hydrolysis) is 1. The molecule has 1 aliphatic heterocycles. The average Bonchev–Trinajstić information content (AvgIpc) is 2.99. The molecular formula is C30H42N4O8S. The molecule has 1 atom stereocenters. The van der Waals surface area contributed by atoms with Gasteiger partial charge in [-0.2, -0.15) is 4.31 Å². The van der Waals surface area contributed by atoms with Crippen molar-refractivity contribution in [1.29, 1.82) is 0 Å². The molecule has 1 heterocycles. The van der Waals surface area contributed by atoms with Crippen LogP contribution in [0.15, 0.2) is 59.5 Å². The summed E-state index contributed by atoms with van der Waals surface area (Å²) >= 11 is 0. The third kappa shape index (κ3) is 9.94. The highest BCUT2D eigenvalue weighted by Gasteiger charge is 2.37. The predicted molar refractivity (Wildman–Crippen MR) is 159 cm³/mol. The monoisotopic (exact) mass is 618 g/mol. The van der Waals surface area contributed by atoms with Crippen LogP contribution in [0.2, 0.25) is 0 Å². The van der Waals surface area contributed by atoms with Crippen LogP contribution in [0.3, 0.4) is 0 Å². The van der Waals surface area contributed by atoms with Crippen molar-refractivity contribution in [2.75, 3.05) is 33.3 Å². The molecule has 0 spiro atoms. The van der Waals surface area contributed by atoms with Gasteiger partial charge in [0.1, 0.15) is 17.4 Å². The number of hydrogen-bond acceptors (Lipinski definition) is 8. The Labute approximate surface area is 253 Å². The first kappa shape index (κ1) is 33.8. The summed E-state index contributed by atoms with van der Waals surface area (Å²) in [7, 11) is -2.82. The number of piperidine rings is 1. The number of carbonyl (C=O) groups is 3. The quantitative estimate of drug-likeness (QED) is 0.242.